The Morgan fingerprint density at radius 1 is 1.30 bits per heavy atom. The molecule has 1 aliphatic heterocycles. The minimum atomic E-state index is -4.66. The first-order chi connectivity index (χ1) is 15.5. The Hall–Kier alpha value is -2.50. The number of likely N-dealkylation sites (N-methyl/N-ethyl adjacent to an activating group) is 1. The van der Waals surface area contributed by atoms with Gasteiger partial charge in [0.1, 0.15) is 12.4 Å². The maximum absolute atomic E-state index is 12.5. The summed E-state index contributed by atoms with van der Waals surface area (Å²) < 4.78 is 51.1. The number of amides is 2. The minimum Gasteiger partial charge on any atom is -0.477 e. The molecule has 0 radical (unpaired) electrons. The van der Waals surface area contributed by atoms with Crippen LogP contribution in [0.4, 0.5) is 18.9 Å². The van der Waals surface area contributed by atoms with Gasteiger partial charge in [0.05, 0.1) is 24.4 Å². The number of nitrogens with zero attached hydrogens (tertiary/aromatic N) is 1. The van der Waals surface area contributed by atoms with Crippen molar-refractivity contribution in [2.24, 2.45) is 0 Å². The number of carbonyl (C=O) groups excluding carboxylic acids is 2. The molecule has 1 heterocycles. The summed E-state index contributed by atoms with van der Waals surface area (Å²) in [4.78, 5) is 26.2. The van der Waals surface area contributed by atoms with Crippen molar-refractivity contribution in [3.8, 4) is 5.75 Å². The summed E-state index contributed by atoms with van der Waals surface area (Å²) in [5, 5.41) is 5.85. The van der Waals surface area contributed by atoms with Crippen molar-refractivity contribution >= 4 is 29.1 Å². The van der Waals surface area contributed by atoms with Gasteiger partial charge in [-0.25, -0.2) is 0 Å². The van der Waals surface area contributed by atoms with Gasteiger partial charge in [0.25, 0.3) is 5.91 Å². The monoisotopic (exact) mass is 491 g/mol. The Bertz CT molecular complexity index is 892. The average Bonchev–Trinajstić information content (AvgIpc) is 2.69. The van der Waals surface area contributed by atoms with Gasteiger partial charge in [0.2, 0.25) is 5.91 Å². The molecule has 2 aliphatic rings. The molecule has 182 valence electrons. The molecule has 2 amide bonds. The summed E-state index contributed by atoms with van der Waals surface area (Å²) >= 11 is 6.00. The van der Waals surface area contributed by atoms with Crippen LogP contribution in [0.25, 0.3) is 0 Å². The number of carbonyl (C=O) groups is 2. The second-order valence-corrected chi connectivity index (χ2v) is 8.32. The lowest BCUT2D eigenvalue weighted by atomic mass is 9.92. The first-order valence-electron chi connectivity index (χ1n) is 10.3. The van der Waals surface area contributed by atoms with Gasteiger partial charge < -0.3 is 25.0 Å². The highest BCUT2D eigenvalue weighted by Gasteiger charge is 2.40. The summed E-state index contributed by atoms with van der Waals surface area (Å²) in [5.74, 6) is -0.224. The van der Waals surface area contributed by atoms with E-state index >= 15 is 0 Å². The molecule has 1 fully saturated rings. The van der Waals surface area contributed by atoms with E-state index in [4.69, 9.17) is 21.1 Å². The number of anilines is 1. The number of hydrogen-bond acceptors (Lipinski definition) is 6. The molecule has 0 spiro atoms. The number of rotatable bonds is 9. The molecule has 1 unspecified atom stereocenters. The highest BCUT2D eigenvalue weighted by atomic mass is 35.5. The second-order valence-electron chi connectivity index (χ2n) is 7.88. The third kappa shape index (κ3) is 7.51. The molecule has 2 N–H and O–H groups in total. The maximum Gasteiger partial charge on any atom is 0.522 e. The average molecular weight is 492 g/mol. The fourth-order valence-corrected chi connectivity index (χ4v) is 3.58. The predicted octanol–water partition coefficient (Wildman–Crippen LogP) is 2.76. The first kappa shape index (κ1) is 25.1. The molecular weight excluding hydrogens is 467 g/mol. The molecule has 12 heteroatoms. The van der Waals surface area contributed by atoms with E-state index in [-0.39, 0.29) is 38.3 Å². The van der Waals surface area contributed by atoms with Crippen molar-refractivity contribution in [1.82, 2.24) is 10.6 Å². The van der Waals surface area contributed by atoms with Crippen LogP contribution in [0, 0.1) is 0 Å². The maximum atomic E-state index is 12.5. The number of ether oxygens (including phenoxy) is 3. The zero-order valence-corrected chi connectivity index (χ0v) is 18.7. The minimum absolute atomic E-state index is 0.0889. The Morgan fingerprint density at radius 3 is 2.73 bits per heavy atom. The Labute approximate surface area is 194 Å². The molecule has 0 saturated heterocycles. The lowest BCUT2D eigenvalue weighted by Crippen LogP contribution is -2.47. The third-order valence-corrected chi connectivity index (χ3v) is 5.42. The van der Waals surface area contributed by atoms with Crippen molar-refractivity contribution in [2.75, 3.05) is 31.6 Å². The second kappa shape index (κ2) is 10.6. The van der Waals surface area contributed by atoms with Crippen LogP contribution >= 0.6 is 11.6 Å². The van der Waals surface area contributed by atoms with Crippen LogP contribution in [0.15, 0.2) is 30.5 Å². The van der Waals surface area contributed by atoms with E-state index in [1.807, 2.05) is 11.9 Å². The molecule has 1 saturated carbocycles. The van der Waals surface area contributed by atoms with E-state index in [9.17, 15) is 22.8 Å². The normalized spacial score (nSPS) is 22.0. The van der Waals surface area contributed by atoms with E-state index in [2.05, 4.69) is 21.9 Å². The molecule has 8 nitrogen and oxygen atoms in total. The summed E-state index contributed by atoms with van der Waals surface area (Å²) in [6.45, 7) is 4.06. The van der Waals surface area contributed by atoms with Crippen molar-refractivity contribution in [2.45, 2.75) is 43.9 Å². The van der Waals surface area contributed by atoms with Gasteiger partial charge in [-0.2, -0.15) is 0 Å². The van der Waals surface area contributed by atoms with E-state index < -0.39 is 30.6 Å². The van der Waals surface area contributed by atoms with Gasteiger partial charge in [-0.1, -0.05) is 18.2 Å². The lowest BCUT2D eigenvalue weighted by molar-refractivity contribution is -0.357. The Morgan fingerprint density at radius 2 is 2.03 bits per heavy atom. The third-order valence-electron chi connectivity index (χ3n) is 5.18. The highest BCUT2D eigenvalue weighted by molar-refractivity contribution is 6.31. The van der Waals surface area contributed by atoms with Crippen LogP contribution in [-0.4, -0.2) is 63.2 Å². The number of alkyl halides is 3. The quantitative estimate of drug-likeness (QED) is 0.552. The Balaban J connectivity index is 1.30. The highest BCUT2D eigenvalue weighted by Crippen LogP contribution is 2.35. The van der Waals surface area contributed by atoms with Gasteiger partial charge in [0.15, 0.2) is 6.10 Å². The van der Waals surface area contributed by atoms with Crippen LogP contribution in [0.1, 0.15) is 19.3 Å². The van der Waals surface area contributed by atoms with E-state index in [0.29, 0.717) is 23.0 Å². The van der Waals surface area contributed by atoms with Gasteiger partial charge in [-0.15, -0.1) is 13.2 Å². The first-order valence-corrected chi connectivity index (χ1v) is 10.7. The molecule has 3 rings (SSSR count). The zero-order chi connectivity index (χ0) is 24.2. The fraction of sp³-hybridized carbons (Fsp3) is 0.524. The largest absolute Gasteiger partial charge is 0.522 e. The van der Waals surface area contributed by atoms with Crippen molar-refractivity contribution in [1.29, 1.82) is 0 Å². The standard InChI is InChI=1S/C21H25ClF3N3O5/c1-12(5-6-26-19(29)11-31-14-8-15(9-14)33-21(23,24)25)27-20(30)18-10-28(2)16-7-13(22)3-4-17(16)32-18/h3-4,7,14-15,18H,1,5-6,8-11H2,2H3,(H,26,29)(H,27,30)/t14-,15+,18?. The van der Waals surface area contributed by atoms with Crippen LogP contribution in [0.5, 0.6) is 5.75 Å². The van der Waals surface area contributed by atoms with Crippen LogP contribution in [-0.2, 0) is 19.1 Å². The topological polar surface area (TPSA) is 89.1 Å². The molecular formula is C21H25ClF3N3O5. The number of halogens is 4. The summed E-state index contributed by atoms with van der Waals surface area (Å²) in [7, 11) is 1.83. The van der Waals surface area contributed by atoms with E-state index in [1.54, 1.807) is 18.2 Å². The Kier molecular flexibility index (Phi) is 8.09. The number of fused-ring (bicyclic) bond motifs is 1. The van der Waals surface area contributed by atoms with Crippen molar-refractivity contribution in [3.63, 3.8) is 0 Å². The molecule has 33 heavy (non-hydrogen) atoms. The summed E-state index contributed by atoms with van der Waals surface area (Å²) in [6.07, 6.45) is -6.30. The zero-order valence-electron chi connectivity index (χ0n) is 17.9. The molecule has 1 aromatic carbocycles. The number of hydrogen-bond donors (Lipinski definition) is 2. The predicted molar refractivity (Wildman–Crippen MR) is 114 cm³/mol. The molecule has 1 aromatic rings. The molecule has 1 aliphatic carbocycles. The molecule has 1 atom stereocenters. The molecule has 0 aromatic heterocycles. The molecule has 0 bridgehead atoms. The van der Waals surface area contributed by atoms with Crippen molar-refractivity contribution in [3.05, 3.63) is 35.5 Å². The SMILES string of the molecule is C=C(CCNC(=O)CO[C@H]1C[C@@H](OC(F)(F)F)C1)NC(=O)C1CN(C)c2cc(Cl)ccc2O1. The number of benzene rings is 1. The van der Waals surface area contributed by atoms with Gasteiger partial charge in [-0.3, -0.25) is 14.3 Å². The van der Waals surface area contributed by atoms with Crippen LogP contribution in [0.2, 0.25) is 5.02 Å². The number of nitrogens with one attached hydrogen (secondary N) is 2. The van der Waals surface area contributed by atoms with Crippen LogP contribution in [0.3, 0.4) is 0 Å². The smallest absolute Gasteiger partial charge is 0.477 e. The summed E-state index contributed by atoms with van der Waals surface area (Å²) in [5.41, 5.74) is 1.20. The van der Waals surface area contributed by atoms with Crippen molar-refractivity contribution < 1.29 is 37.0 Å². The van der Waals surface area contributed by atoms with Gasteiger partial charge >= 0.3 is 6.36 Å². The van der Waals surface area contributed by atoms with E-state index in [1.165, 1.54) is 0 Å². The van der Waals surface area contributed by atoms with Gasteiger partial charge in [-0.05, 0) is 18.2 Å². The summed E-state index contributed by atoms with van der Waals surface area (Å²) in [6, 6.07) is 5.14. The lowest BCUT2D eigenvalue weighted by Gasteiger charge is -2.34. The van der Waals surface area contributed by atoms with Crippen LogP contribution < -0.4 is 20.3 Å². The van der Waals surface area contributed by atoms with Gasteiger partial charge in [0, 0.05) is 43.6 Å². The fourth-order valence-electron chi connectivity index (χ4n) is 3.42. The van der Waals surface area contributed by atoms with E-state index in [0.717, 1.165) is 5.69 Å².